The zero-order valence-electron chi connectivity index (χ0n) is 15.2. The average molecular weight is 395 g/mol. The van der Waals surface area contributed by atoms with Crippen LogP contribution in [0.4, 0.5) is 0 Å². The van der Waals surface area contributed by atoms with Crippen LogP contribution in [-0.2, 0) is 14.6 Å². The first-order valence-electron chi connectivity index (χ1n) is 9.09. The van der Waals surface area contributed by atoms with Crippen molar-refractivity contribution in [3.8, 4) is 0 Å². The molecule has 8 nitrogen and oxygen atoms in total. The van der Waals surface area contributed by atoms with Crippen molar-refractivity contribution in [1.82, 2.24) is 10.3 Å². The van der Waals surface area contributed by atoms with Gasteiger partial charge in [0.15, 0.2) is 21.5 Å². The summed E-state index contributed by atoms with van der Waals surface area (Å²) in [6.07, 6.45) is 1.05. The number of benzene rings is 1. The Morgan fingerprint density at radius 2 is 2.11 bits per heavy atom. The third kappa shape index (κ3) is 5.06. The molecule has 3 rings (SSSR count). The molecule has 1 aliphatic rings. The number of fused-ring (bicyclic) bond motifs is 1. The highest BCUT2D eigenvalue weighted by atomic mass is 32.2. The monoisotopic (exact) mass is 395 g/mol. The summed E-state index contributed by atoms with van der Waals surface area (Å²) in [5.74, 6) is -0.633. The Balaban J connectivity index is 1.63. The van der Waals surface area contributed by atoms with Crippen LogP contribution in [0.25, 0.3) is 11.1 Å². The number of nitrogens with zero attached hydrogens (tertiary/aromatic N) is 1. The summed E-state index contributed by atoms with van der Waals surface area (Å²) < 4.78 is 29.7. The SMILES string of the molecule is CCC(NC(=O)C(N)CS(=O)(=O)CC1CC1)C(O)c1nc2ccccc2o1. The van der Waals surface area contributed by atoms with Gasteiger partial charge in [-0.1, -0.05) is 19.1 Å². The van der Waals surface area contributed by atoms with Crippen LogP contribution in [0.15, 0.2) is 28.7 Å². The largest absolute Gasteiger partial charge is 0.438 e. The molecule has 1 aliphatic carbocycles. The van der Waals surface area contributed by atoms with Gasteiger partial charge in [0, 0.05) is 0 Å². The lowest BCUT2D eigenvalue weighted by Gasteiger charge is -2.22. The number of aliphatic hydroxyl groups excluding tert-OH is 1. The molecule has 1 amide bonds. The highest BCUT2D eigenvalue weighted by Gasteiger charge is 2.32. The summed E-state index contributed by atoms with van der Waals surface area (Å²) in [5, 5.41) is 13.2. The van der Waals surface area contributed by atoms with Crippen LogP contribution in [0.2, 0.25) is 0 Å². The minimum atomic E-state index is -3.37. The highest BCUT2D eigenvalue weighted by molar-refractivity contribution is 7.91. The Bertz CT molecular complexity index is 874. The number of aliphatic hydroxyl groups is 1. The van der Waals surface area contributed by atoms with Gasteiger partial charge in [-0.3, -0.25) is 4.79 Å². The molecule has 0 radical (unpaired) electrons. The molecule has 27 heavy (non-hydrogen) atoms. The maximum atomic E-state index is 12.3. The smallest absolute Gasteiger partial charge is 0.238 e. The number of sulfone groups is 1. The van der Waals surface area contributed by atoms with Crippen molar-refractivity contribution in [3.63, 3.8) is 0 Å². The van der Waals surface area contributed by atoms with Gasteiger partial charge in [0.1, 0.15) is 5.52 Å². The third-order valence-electron chi connectivity index (χ3n) is 4.67. The summed E-state index contributed by atoms with van der Waals surface area (Å²) in [6.45, 7) is 1.78. The molecule has 2 aromatic rings. The lowest BCUT2D eigenvalue weighted by Crippen LogP contribution is -2.50. The number of oxazole rings is 1. The van der Waals surface area contributed by atoms with E-state index in [1.807, 2.05) is 0 Å². The number of rotatable bonds is 9. The number of nitrogens with one attached hydrogen (secondary N) is 1. The van der Waals surface area contributed by atoms with Gasteiger partial charge in [0.25, 0.3) is 0 Å². The predicted molar refractivity (Wildman–Crippen MR) is 101 cm³/mol. The molecule has 1 saturated carbocycles. The second kappa shape index (κ2) is 7.95. The summed E-state index contributed by atoms with van der Waals surface area (Å²) in [4.78, 5) is 16.6. The van der Waals surface area contributed by atoms with Crippen molar-refractivity contribution >= 4 is 26.8 Å². The fourth-order valence-corrected chi connectivity index (χ4v) is 4.83. The minimum Gasteiger partial charge on any atom is -0.438 e. The molecule has 4 N–H and O–H groups in total. The van der Waals surface area contributed by atoms with Crippen LogP contribution >= 0.6 is 0 Å². The van der Waals surface area contributed by atoms with Gasteiger partial charge < -0.3 is 20.6 Å². The predicted octanol–water partition coefficient (Wildman–Crippen LogP) is 0.908. The first kappa shape index (κ1) is 19.8. The van der Waals surface area contributed by atoms with Gasteiger partial charge in [0.05, 0.1) is 23.6 Å². The molecule has 1 fully saturated rings. The van der Waals surface area contributed by atoms with E-state index in [0.29, 0.717) is 17.5 Å². The van der Waals surface area contributed by atoms with Crippen molar-refractivity contribution in [1.29, 1.82) is 0 Å². The molecular formula is C18H25N3O5S. The maximum absolute atomic E-state index is 12.3. The summed E-state index contributed by atoms with van der Waals surface area (Å²) >= 11 is 0. The zero-order valence-corrected chi connectivity index (χ0v) is 16.0. The van der Waals surface area contributed by atoms with Crippen LogP contribution in [0.3, 0.4) is 0 Å². The third-order valence-corrected chi connectivity index (χ3v) is 6.52. The summed E-state index contributed by atoms with van der Waals surface area (Å²) in [7, 11) is -3.37. The van der Waals surface area contributed by atoms with Crippen LogP contribution in [-0.4, -0.2) is 48.0 Å². The maximum Gasteiger partial charge on any atom is 0.238 e. The van der Waals surface area contributed by atoms with Crippen LogP contribution in [0.5, 0.6) is 0 Å². The lowest BCUT2D eigenvalue weighted by atomic mass is 10.1. The molecule has 0 aliphatic heterocycles. The Kier molecular flexibility index (Phi) is 5.83. The van der Waals surface area contributed by atoms with Gasteiger partial charge in [-0.2, -0.15) is 0 Å². The van der Waals surface area contributed by atoms with Crippen molar-refractivity contribution in [2.75, 3.05) is 11.5 Å². The number of hydrogen-bond donors (Lipinski definition) is 3. The topological polar surface area (TPSA) is 136 Å². The number of carbonyl (C=O) groups is 1. The number of carbonyl (C=O) groups excluding carboxylic acids is 1. The standard InChI is InChI=1S/C18H25N3O5S/c1-2-13(16(22)18-21-14-5-3-4-6-15(14)26-18)20-17(23)12(19)10-27(24,25)9-11-7-8-11/h3-6,11-13,16,22H,2,7-10,19H2,1H3,(H,20,23). The van der Waals surface area contributed by atoms with E-state index in [-0.39, 0.29) is 17.6 Å². The van der Waals surface area contributed by atoms with Crippen molar-refractivity contribution < 1.29 is 22.7 Å². The quantitative estimate of drug-likeness (QED) is 0.574. The second-order valence-electron chi connectivity index (χ2n) is 7.11. The first-order valence-corrected chi connectivity index (χ1v) is 10.9. The molecule has 0 bridgehead atoms. The van der Waals surface area contributed by atoms with E-state index in [1.165, 1.54) is 0 Å². The Labute approximate surface area is 158 Å². The molecule has 148 valence electrons. The van der Waals surface area contributed by atoms with Crippen molar-refractivity contribution in [2.45, 2.75) is 44.4 Å². The molecule has 1 aromatic carbocycles. The van der Waals surface area contributed by atoms with E-state index in [1.54, 1.807) is 31.2 Å². The van der Waals surface area contributed by atoms with Crippen LogP contribution in [0, 0.1) is 5.92 Å². The lowest BCUT2D eigenvalue weighted by molar-refractivity contribution is -0.123. The normalized spacial score (nSPS) is 18.2. The molecule has 1 aromatic heterocycles. The number of para-hydroxylation sites is 2. The Morgan fingerprint density at radius 3 is 2.74 bits per heavy atom. The van der Waals surface area contributed by atoms with Crippen LogP contribution in [0.1, 0.15) is 38.2 Å². The first-order chi connectivity index (χ1) is 12.8. The molecule has 1 heterocycles. The Morgan fingerprint density at radius 1 is 1.41 bits per heavy atom. The molecule has 9 heteroatoms. The van der Waals surface area contributed by atoms with E-state index in [4.69, 9.17) is 10.2 Å². The van der Waals surface area contributed by atoms with Crippen molar-refractivity contribution in [2.24, 2.45) is 11.7 Å². The molecule has 3 unspecified atom stereocenters. The van der Waals surface area contributed by atoms with Gasteiger partial charge in [0.2, 0.25) is 11.8 Å². The second-order valence-corrected chi connectivity index (χ2v) is 9.27. The number of nitrogens with two attached hydrogens (primary N) is 1. The van der Waals surface area contributed by atoms with E-state index >= 15 is 0 Å². The molecule has 3 atom stereocenters. The van der Waals surface area contributed by atoms with E-state index in [9.17, 15) is 18.3 Å². The number of hydrogen-bond acceptors (Lipinski definition) is 7. The fourth-order valence-electron chi connectivity index (χ4n) is 2.94. The van der Waals surface area contributed by atoms with Gasteiger partial charge in [-0.15, -0.1) is 0 Å². The molecular weight excluding hydrogens is 370 g/mol. The Hall–Kier alpha value is -1.97. The highest BCUT2D eigenvalue weighted by Crippen LogP contribution is 2.30. The fraction of sp³-hybridized carbons (Fsp3) is 0.556. The van der Waals surface area contributed by atoms with E-state index in [0.717, 1.165) is 12.8 Å². The number of aromatic nitrogens is 1. The molecule has 0 saturated heterocycles. The van der Waals surface area contributed by atoms with E-state index < -0.39 is 39.7 Å². The van der Waals surface area contributed by atoms with Gasteiger partial charge in [-0.05, 0) is 37.3 Å². The average Bonchev–Trinajstić information content (AvgIpc) is 3.31. The van der Waals surface area contributed by atoms with E-state index in [2.05, 4.69) is 10.3 Å². The van der Waals surface area contributed by atoms with Gasteiger partial charge in [-0.25, -0.2) is 13.4 Å². The van der Waals surface area contributed by atoms with Crippen LogP contribution < -0.4 is 11.1 Å². The van der Waals surface area contributed by atoms with Crippen molar-refractivity contribution in [3.05, 3.63) is 30.2 Å². The zero-order chi connectivity index (χ0) is 19.6. The van der Waals surface area contributed by atoms with Gasteiger partial charge >= 0.3 is 0 Å². The number of amides is 1. The summed E-state index contributed by atoms with van der Waals surface area (Å²) in [5.41, 5.74) is 6.94. The summed E-state index contributed by atoms with van der Waals surface area (Å²) in [6, 6.07) is 5.22. The minimum absolute atomic E-state index is 0.0801. The molecule has 0 spiro atoms.